The lowest BCUT2D eigenvalue weighted by Crippen LogP contribution is -2.32. The molecule has 2 aromatic carbocycles. The lowest BCUT2D eigenvalue weighted by atomic mass is 9.84. The molecule has 0 fully saturated rings. The van der Waals surface area contributed by atoms with Gasteiger partial charge in [0.15, 0.2) is 0 Å². The van der Waals surface area contributed by atoms with Crippen molar-refractivity contribution >= 4 is 38.4 Å². The van der Waals surface area contributed by atoms with Crippen LogP contribution in [0, 0.1) is 6.92 Å². The maximum Gasteiger partial charge on any atom is 0.433 e. The van der Waals surface area contributed by atoms with E-state index in [-0.39, 0.29) is 24.8 Å². The van der Waals surface area contributed by atoms with Gasteiger partial charge in [0, 0.05) is 37.3 Å². The van der Waals surface area contributed by atoms with E-state index in [9.17, 15) is 23.1 Å². The van der Waals surface area contributed by atoms with Crippen LogP contribution in [0.3, 0.4) is 0 Å². The number of carboxylic acid groups (broad SMARTS) is 1. The number of aliphatic carboxylic acids is 1. The van der Waals surface area contributed by atoms with Crippen LogP contribution in [0.25, 0.3) is 21.1 Å². The van der Waals surface area contributed by atoms with E-state index in [0.717, 1.165) is 49.4 Å². The summed E-state index contributed by atoms with van der Waals surface area (Å²) in [5.74, 6) is -0.998. The highest BCUT2D eigenvalue weighted by Crippen LogP contribution is 2.38. The number of halogens is 3. The van der Waals surface area contributed by atoms with E-state index in [1.54, 1.807) is 16.0 Å². The van der Waals surface area contributed by atoms with Gasteiger partial charge in [-0.2, -0.15) is 13.2 Å². The molecule has 224 valence electrons. The minimum atomic E-state index is -4.56. The molecule has 1 aliphatic heterocycles. The Balaban J connectivity index is 1.41. The van der Waals surface area contributed by atoms with Gasteiger partial charge in [0.05, 0.1) is 17.6 Å². The van der Waals surface area contributed by atoms with Crippen LogP contribution >= 0.6 is 11.3 Å². The van der Waals surface area contributed by atoms with Gasteiger partial charge in [-0.05, 0) is 76.7 Å². The number of thiophene rings is 1. The number of rotatable bonds is 7. The molecular formula is C31H30F3N5O3S. The third-order valence-corrected chi connectivity index (χ3v) is 9.09. The van der Waals surface area contributed by atoms with Gasteiger partial charge in [0.2, 0.25) is 0 Å². The summed E-state index contributed by atoms with van der Waals surface area (Å²) in [5.41, 5.74) is 4.46. The zero-order valence-electron chi connectivity index (χ0n) is 23.9. The smallest absolute Gasteiger partial charge is 0.433 e. The molecule has 0 bridgehead atoms. The molecule has 12 heteroatoms. The number of hydrogen-bond donors (Lipinski definition) is 1. The van der Waals surface area contributed by atoms with E-state index in [1.807, 2.05) is 56.6 Å². The first-order chi connectivity index (χ1) is 20.5. The number of ether oxygens (including phenoxy) is 1. The quantitative estimate of drug-likeness (QED) is 0.220. The van der Waals surface area contributed by atoms with Crippen LogP contribution in [0.4, 0.5) is 13.2 Å². The second-order valence-corrected chi connectivity index (χ2v) is 11.9. The number of carbonyl (C=O) groups is 1. The molecule has 0 amide bonds. The average Bonchev–Trinajstić information content (AvgIpc) is 3.54. The number of hydrogen-bond acceptors (Lipinski definition) is 7. The van der Waals surface area contributed by atoms with Crippen molar-refractivity contribution in [1.29, 1.82) is 0 Å². The average molecular weight is 610 g/mol. The molecule has 1 N–H and O–H groups in total. The Morgan fingerprint density at radius 1 is 1.21 bits per heavy atom. The Labute approximate surface area is 249 Å². The zero-order valence-corrected chi connectivity index (χ0v) is 24.7. The second kappa shape index (κ2) is 11.2. The molecule has 4 heterocycles. The topological polar surface area (TPSA) is 93.4 Å². The number of aromatic nitrogens is 4. The standard InChI is InChI=1S/C31H30F3N5O3S/c1-4-21-15-39(16-24-26(42-21)7-8-27(35-24)31(32,33)34)14-20-12-19(11-18-9-10-43-30(18)20)23(13-28(40)41)22-5-6-25-29(17(22)2)36-37-38(25)3/h5-12,21,23H,4,13-16H2,1-3H3,(H,40,41)/t21-,23?/m1/s1. The normalized spacial score (nSPS) is 16.7. The summed E-state index contributed by atoms with van der Waals surface area (Å²) >= 11 is 1.58. The third-order valence-electron chi connectivity index (χ3n) is 8.09. The van der Waals surface area contributed by atoms with Crippen molar-refractivity contribution in [3.05, 3.63) is 81.5 Å². The first kappa shape index (κ1) is 29.1. The Bertz CT molecular complexity index is 1830. The zero-order chi connectivity index (χ0) is 30.5. The molecule has 0 saturated heterocycles. The maximum absolute atomic E-state index is 13.5. The number of pyridine rings is 1. The SMILES string of the molecule is CC[C@@H]1CN(Cc2cc(C(CC(=O)O)c3ccc4c(nnn4C)c3C)cc3ccsc23)Cc2nc(C(F)(F)F)ccc2O1. The molecule has 0 aliphatic carbocycles. The highest BCUT2D eigenvalue weighted by Gasteiger charge is 2.34. The summed E-state index contributed by atoms with van der Waals surface area (Å²) in [6.07, 6.45) is -4.22. The van der Waals surface area contributed by atoms with Crippen LogP contribution in [-0.2, 0) is 31.1 Å². The van der Waals surface area contributed by atoms with E-state index in [1.165, 1.54) is 6.07 Å². The summed E-state index contributed by atoms with van der Waals surface area (Å²) in [6.45, 7) is 5.05. The number of aryl methyl sites for hydroxylation is 2. The van der Waals surface area contributed by atoms with E-state index in [0.29, 0.717) is 25.3 Å². The highest BCUT2D eigenvalue weighted by molar-refractivity contribution is 7.17. The van der Waals surface area contributed by atoms with E-state index < -0.39 is 23.8 Å². The van der Waals surface area contributed by atoms with Gasteiger partial charge < -0.3 is 9.84 Å². The van der Waals surface area contributed by atoms with Crippen molar-refractivity contribution in [3.8, 4) is 5.75 Å². The summed E-state index contributed by atoms with van der Waals surface area (Å²) in [4.78, 5) is 18.1. The number of carboxylic acids is 1. The number of nitrogens with zero attached hydrogens (tertiary/aromatic N) is 5. The predicted octanol–water partition coefficient (Wildman–Crippen LogP) is 6.69. The van der Waals surface area contributed by atoms with Gasteiger partial charge in [-0.3, -0.25) is 9.69 Å². The molecule has 1 aliphatic rings. The van der Waals surface area contributed by atoms with Gasteiger partial charge in [0.1, 0.15) is 23.1 Å². The van der Waals surface area contributed by atoms with Gasteiger partial charge in [0.25, 0.3) is 0 Å². The van der Waals surface area contributed by atoms with Gasteiger partial charge in [-0.1, -0.05) is 24.3 Å². The van der Waals surface area contributed by atoms with Crippen molar-refractivity contribution < 1.29 is 27.8 Å². The molecule has 6 rings (SSSR count). The van der Waals surface area contributed by atoms with Gasteiger partial charge in [-0.25, -0.2) is 9.67 Å². The van der Waals surface area contributed by atoms with Crippen molar-refractivity contribution in [2.75, 3.05) is 6.54 Å². The second-order valence-electron chi connectivity index (χ2n) is 11.0. The Kier molecular flexibility index (Phi) is 7.59. The van der Waals surface area contributed by atoms with Crippen LogP contribution < -0.4 is 4.74 Å². The summed E-state index contributed by atoms with van der Waals surface area (Å²) in [7, 11) is 1.81. The van der Waals surface area contributed by atoms with Gasteiger partial charge in [-0.15, -0.1) is 16.4 Å². The molecule has 0 saturated carbocycles. The number of benzene rings is 2. The first-order valence-electron chi connectivity index (χ1n) is 14.0. The summed E-state index contributed by atoms with van der Waals surface area (Å²) in [6, 6.07) is 12.3. The molecule has 5 aromatic rings. The fourth-order valence-corrected chi connectivity index (χ4v) is 6.82. The van der Waals surface area contributed by atoms with Crippen LogP contribution in [0.5, 0.6) is 5.75 Å². The number of alkyl halides is 3. The van der Waals surface area contributed by atoms with Crippen LogP contribution in [0.15, 0.2) is 47.8 Å². The van der Waals surface area contributed by atoms with Crippen LogP contribution in [-0.4, -0.2) is 48.6 Å². The van der Waals surface area contributed by atoms with Crippen molar-refractivity contribution in [1.82, 2.24) is 24.9 Å². The molecule has 3 aromatic heterocycles. The number of fused-ring (bicyclic) bond motifs is 3. The molecule has 0 spiro atoms. The van der Waals surface area contributed by atoms with Crippen molar-refractivity contribution in [3.63, 3.8) is 0 Å². The monoisotopic (exact) mass is 609 g/mol. The Morgan fingerprint density at radius 2 is 2.02 bits per heavy atom. The lowest BCUT2D eigenvalue weighted by Gasteiger charge is -2.25. The fraction of sp³-hybridized carbons (Fsp3) is 0.355. The van der Waals surface area contributed by atoms with Crippen LogP contribution in [0.1, 0.15) is 59.3 Å². The Hall–Kier alpha value is -4.03. The van der Waals surface area contributed by atoms with Crippen molar-refractivity contribution in [2.24, 2.45) is 7.05 Å². The van der Waals surface area contributed by atoms with E-state index in [4.69, 9.17) is 4.74 Å². The third kappa shape index (κ3) is 5.68. The predicted molar refractivity (Wildman–Crippen MR) is 157 cm³/mol. The molecular weight excluding hydrogens is 579 g/mol. The first-order valence-corrected chi connectivity index (χ1v) is 14.9. The van der Waals surface area contributed by atoms with Gasteiger partial charge >= 0.3 is 12.1 Å². The van der Waals surface area contributed by atoms with E-state index in [2.05, 4.69) is 20.2 Å². The van der Waals surface area contributed by atoms with Crippen LogP contribution in [0.2, 0.25) is 0 Å². The molecule has 43 heavy (non-hydrogen) atoms. The maximum atomic E-state index is 13.5. The molecule has 1 unspecified atom stereocenters. The molecule has 0 radical (unpaired) electrons. The molecule has 2 atom stereocenters. The fourth-order valence-electron chi connectivity index (χ4n) is 5.93. The lowest BCUT2D eigenvalue weighted by molar-refractivity contribution is -0.141. The highest BCUT2D eigenvalue weighted by atomic mass is 32.1. The Morgan fingerprint density at radius 3 is 2.77 bits per heavy atom. The molecule has 8 nitrogen and oxygen atoms in total. The van der Waals surface area contributed by atoms with E-state index >= 15 is 0 Å². The minimum Gasteiger partial charge on any atom is -0.487 e. The summed E-state index contributed by atoms with van der Waals surface area (Å²) < 4.78 is 49.3. The summed E-state index contributed by atoms with van der Waals surface area (Å²) in [5, 5.41) is 21.4. The largest absolute Gasteiger partial charge is 0.487 e. The minimum absolute atomic E-state index is 0.116. The van der Waals surface area contributed by atoms with Crippen molar-refractivity contribution in [2.45, 2.75) is 58.0 Å².